The van der Waals surface area contributed by atoms with Crippen LogP contribution in [0.15, 0.2) is 0 Å². The molecule has 0 bridgehead atoms. The molecule has 6 nitrogen and oxygen atoms in total. The van der Waals surface area contributed by atoms with Crippen LogP contribution in [0.4, 0.5) is 0 Å². The molecule has 1 atom stereocenters. The molecule has 2 aliphatic rings. The van der Waals surface area contributed by atoms with Crippen molar-refractivity contribution < 1.29 is 8.42 Å². The van der Waals surface area contributed by atoms with E-state index in [1.165, 1.54) is 32.1 Å². The fourth-order valence-corrected chi connectivity index (χ4v) is 5.97. The molecule has 1 saturated carbocycles. The van der Waals surface area contributed by atoms with Gasteiger partial charge in [-0.25, -0.2) is 13.1 Å². The zero-order chi connectivity index (χ0) is 17.3. The lowest BCUT2D eigenvalue weighted by Crippen LogP contribution is -2.38. The molecule has 1 saturated heterocycles. The van der Waals surface area contributed by atoms with Gasteiger partial charge in [0.25, 0.3) is 0 Å². The predicted octanol–water partition coefficient (Wildman–Crippen LogP) is 2.47. The fourth-order valence-electron chi connectivity index (χ4n) is 4.04. The van der Waals surface area contributed by atoms with Crippen LogP contribution in [-0.4, -0.2) is 51.8 Å². The van der Waals surface area contributed by atoms with Crippen LogP contribution in [-0.2, 0) is 23.6 Å². The lowest BCUT2D eigenvalue weighted by atomic mass is 9.94. The van der Waals surface area contributed by atoms with Gasteiger partial charge in [-0.05, 0) is 38.0 Å². The molecular formula is C16H28N4O2S2. The highest BCUT2D eigenvalue weighted by atomic mass is 32.2. The maximum absolute atomic E-state index is 11.8. The molecule has 1 aromatic rings. The van der Waals surface area contributed by atoms with Crippen LogP contribution in [0.3, 0.4) is 0 Å². The van der Waals surface area contributed by atoms with E-state index in [9.17, 15) is 8.42 Å². The molecule has 8 heteroatoms. The standard InChI is InChI=1S/C16H28N4O2S2/c1-3-19(14-7-5-4-6-8-14)12-20-16(23)18(2)15(17-20)13-9-10-24(21,22)11-13/h13-14H,3-12H2,1-2H3/t13-/m1/s1. The molecule has 136 valence electrons. The first-order chi connectivity index (χ1) is 11.4. The Kier molecular flexibility index (Phi) is 5.46. The summed E-state index contributed by atoms with van der Waals surface area (Å²) in [7, 11) is -1.01. The van der Waals surface area contributed by atoms with Gasteiger partial charge in [0, 0.05) is 19.0 Å². The summed E-state index contributed by atoms with van der Waals surface area (Å²) < 4.78 is 28.0. The molecule has 0 radical (unpaired) electrons. The lowest BCUT2D eigenvalue weighted by molar-refractivity contribution is 0.118. The molecule has 0 aromatic carbocycles. The number of aromatic nitrogens is 3. The first-order valence-electron chi connectivity index (χ1n) is 8.99. The minimum absolute atomic E-state index is 0.0206. The van der Waals surface area contributed by atoms with Gasteiger partial charge in [-0.1, -0.05) is 26.2 Å². The average Bonchev–Trinajstić information content (AvgIpc) is 3.07. The van der Waals surface area contributed by atoms with Crippen molar-refractivity contribution in [3.63, 3.8) is 0 Å². The van der Waals surface area contributed by atoms with E-state index in [0.29, 0.717) is 23.9 Å². The van der Waals surface area contributed by atoms with Crippen LogP contribution in [0.5, 0.6) is 0 Å². The van der Waals surface area contributed by atoms with E-state index in [1.54, 1.807) is 0 Å². The van der Waals surface area contributed by atoms with Crippen LogP contribution in [0.1, 0.15) is 57.2 Å². The molecular weight excluding hydrogens is 344 g/mol. The van der Waals surface area contributed by atoms with E-state index in [4.69, 9.17) is 17.3 Å². The van der Waals surface area contributed by atoms with Gasteiger partial charge in [0.1, 0.15) is 5.82 Å². The molecule has 2 fully saturated rings. The minimum atomic E-state index is -2.92. The number of rotatable bonds is 5. The van der Waals surface area contributed by atoms with Crippen LogP contribution in [0, 0.1) is 4.77 Å². The summed E-state index contributed by atoms with van der Waals surface area (Å²) in [6.07, 6.45) is 7.11. The molecule has 2 heterocycles. The van der Waals surface area contributed by atoms with E-state index in [-0.39, 0.29) is 17.4 Å². The second kappa shape index (κ2) is 7.25. The third-order valence-electron chi connectivity index (χ3n) is 5.49. The van der Waals surface area contributed by atoms with Crippen LogP contribution in [0.25, 0.3) is 0 Å². The van der Waals surface area contributed by atoms with Crippen molar-refractivity contribution in [2.75, 3.05) is 18.1 Å². The monoisotopic (exact) mass is 372 g/mol. The highest BCUT2D eigenvalue weighted by Gasteiger charge is 2.32. The van der Waals surface area contributed by atoms with E-state index in [0.717, 1.165) is 12.4 Å². The second-order valence-corrected chi connectivity index (χ2v) is 9.73. The lowest BCUT2D eigenvalue weighted by Gasteiger charge is -2.33. The van der Waals surface area contributed by atoms with Gasteiger partial charge >= 0.3 is 0 Å². The summed E-state index contributed by atoms with van der Waals surface area (Å²) in [5, 5.41) is 4.71. The normalized spacial score (nSPS) is 24.7. The highest BCUT2D eigenvalue weighted by Crippen LogP contribution is 2.28. The van der Waals surface area contributed by atoms with Crippen molar-refractivity contribution in [2.24, 2.45) is 7.05 Å². The molecule has 24 heavy (non-hydrogen) atoms. The van der Waals surface area contributed by atoms with Gasteiger partial charge in [-0.15, -0.1) is 0 Å². The highest BCUT2D eigenvalue weighted by molar-refractivity contribution is 7.91. The first kappa shape index (κ1) is 18.1. The Morgan fingerprint density at radius 3 is 2.54 bits per heavy atom. The summed E-state index contributed by atoms with van der Waals surface area (Å²) in [6, 6.07) is 0.614. The van der Waals surface area contributed by atoms with Crippen LogP contribution >= 0.6 is 12.2 Å². The Bertz CT molecular complexity index is 732. The molecule has 1 aromatic heterocycles. The molecule has 0 unspecified atom stereocenters. The first-order valence-corrected chi connectivity index (χ1v) is 11.2. The zero-order valence-electron chi connectivity index (χ0n) is 14.6. The average molecular weight is 373 g/mol. The molecule has 0 spiro atoms. The number of nitrogens with zero attached hydrogens (tertiary/aromatic N) is 4. The summed E-state index contributed by atoms with van der Waals surface area (Å²) >= 11 is 5.56. The largest absolute Gasteiger partial charge is 0.307 e. The van der Waals surface area contributed by atoms with Crippen molar-refractivity contribution in [1.82, 2.24) is 19.2 Å². The summed E-state index contributed by atoms with van der Waals surface area (Å²) in [5.41, 5.74) is 0. The van der Waals surface area contributed by atoms with Gasteiger partial charge in [-0.3, -0.25) is 4.90 Å². The quantitative estimate of drug-likeness (QED) is 0.743. The number of sulfone groups is 1. The number of hydrogen-bond donors (Lipinski definition) is 0. The summed E-state index contributed by atoms with van der Waals surface area (Å²) in [4.78, 5) is 2.46. The van der Waals surface area contributed by atoms with Gasteiger partial charge in [0.2, 0.25) is 0 Å². The second-order valence-electron chi connectivity index (χ2n) is 7.14. The Balaban J connectivity index is 1.79. The Morgan fingerprint density at radius 1 is 1.25 bits per heavy atom. The SMILES string of the molecule is CCN(Cn1nc([C@@H]2CCS(=O)(=O)C2)n(C)c1=S)C1CCCCC1. The Hall–Kier alpha value is -0.730. The zero-order valence-corrected chi connectivity index (χ0v) is 16.3. The summed E-state index contributed by atoms with van der Waals surface area (Å²) in [6.45, 7) is 3.87. The minimum Gasteiger partial charge on any atom is -0.307 e. The molecule has 0 amide bonds. The Morgan fingerprint density at radius 2 is 1.96 bits per heavy atom. The van der Waals surface area contributed by atoms with Crippen molar-refractivity contribution in [3.8, 4) is 0 Å². The van der Waals surface area contributed by atoms with E-state index >= 15 is 0 Å². The summed E-state index contributed by atoms with van der Waals surface area (Å²) in [5.74, 6) is 1.26. The molecule has 1 aliphatic heterocycles. The van der Waals surface area contributed by atoms with E-state index in [1.807, 2.05) is 16.3 Å². The maximum atomic E-state index is 11.8. The van der Waals surface area contributed by atoms with Crippen molar-refractivity contribution in [2.45, 2.75) is 64.1 Å². The van der Waals surface area contributed by atoms with Crippen LogP contribution in [0.2, 0.25) is 0 Å². The van der Waals surface area contributed by atoms with Crippen LogP contribution < -0.4 is 0 Å². The van der Waals surface area contributed by atoms with Crippen molar-refractivity contribution in [1.29, 1.82) is 0 Å². The van der Waals surface area contributed by atoms with E-state index < -0.39 is 9.84 Å². The van der Waals surface area contributed by atoms with Crippen molar-refractivity contribution >= 4 is 22.1 Å². The smallest absolute Gasteiger partial charge is 0.198 e. The van der Waals surface area contributed by atoms with E-state index in [2.05, 4.69) is 11.8 Å². The third kappa shape index (κ3) is 3.75. The van der Waals surface area contributed by atoms with Gasteiger partial charge in [0.15, 0.2) is 14.6 Å². The van der Waals surface area contributed by atoms with Gasteiger partial charge in [0.05, 0.1) is 18.2 Å². The predicted molar refractivity (Wildman–Crippen MR) is 97.3 cm³/mol. The molecule has 3 rings (SSSR count). The van der Waals surface area contributed by atoms with Gasteiger partial charge < -0.3 is 4.57 Å². The number of hydrogen-bond acceptors (Lipinski definition) is 5. The maximum Gasteiger partial charge on any atom is 0.198 e. The fraction of sp³-hybridized carbons (Fsp3) is 0.875. The molecule has 1 aliphatic carbocycles. The van der Waals surface area contributed by atoms with Gasteiger partial charge in [-0.2, -0.15) is 5.10 Å². The third-order valence-corrected chi connectivity index (χ3v) is 7.74. The topological polar surface area (TPSA) is 60.1 Å². The Labute approximate surface area is 149 Å². The molecule has 0 N–H and O–H groups in total. The van der Waals surface area contributed by atoms with Crippen molar-refractivity contribution in [3.05, 3.63) is 10.6 Å².